The highest BCUT2D eigenvalue weighted by atomic mass is 19.4. The van der Waals surface area contributed by atoms with E-state index in [1.54, 1.807) is 6.07 Å². The van der Waals surface area contributed by atoms with Crippen LogP contribution in [0.3, 0.4) is 0 Å². The first kappa shape index (κ1) is 25.5. The summed E-state index contributed by atoms with van der Waals surface area (Å²) in [5.74, 6) is 1.05. The van der Waals surface area contributed by atoms with Crippen molar-refractivity contribution in [2.45, 2.75) is 102 Å². The highest BCUT2D eigenvalue weighted by Crippen LogP contribution is 2.44. The van der Waals surface area contributed by atoms with Crippen molar-refractivity contribution >= 4 is 5.83 Å². The molecule has 4 unspecified atom stereocenters. The molecule has 2 saturated carbocycles. The van der Waals surface area contributed by atoms with Crippen molar-refractivity contribution in [3.8, 4) is 5.75 Å². The summed E-state index contributed by atoms with van der Waals surface area (Å²) in [5, 5.41) is 0. The number of hydrogen-bond donors (Lipinski definition) is 0. The zero-order chi connectivity index (χ0) is 24.3. The van der Waals surface area contributed by atoms with E-state index in [1.165, 1.54) is 63.2 Å². The summed E-state index contributed by atoms with van der Waals surface area (Å²) >= 11 is 0. The van der Waals surface area contributed by atoms with E-state index in [0.717, 1.165) is 12.3 Å². The van der Waals surface area contributed by atoms with Crippen molar-refractivity contribution in [3.63, 3.8) is 0 Å². The molecule has 4 atom stereocenters. The Bertz CT molecular complexity index is 840. The van der Waals surface area contributed by atoms with Crippen LogP contribution >= 0.6 is 0 Å². The van der Waals surface area contributed by atoms with Crippen LogP contribution in [0.1, 0.15) is 88.7 Å². The van der Waals surface area contributed by atoms with Crippen molar-refractivity contribution in [2.75, 3.05) is 0 Å². The molecule has 0 N–H and O–H groups in total. The predicted octanol–water partition coefficient (Wildman–Crippen LogP) is 9.00. The van der Waals surface area contributed by atoms with E-state index in [1.807, 2.05) is 0 Å². The summed E-state index contributed by atoms with van der Waals surface area (Å²) in [6.45, 7) is 2.23. The maximum atomic E-state index is 15.1. The van der Waals surface area contributed by atoms with Gasteiger partial charge in [0.25, 0.3) is 0 Å². The molecule has 0 spiro atoms. The maximum Gasteiger partial charge on any atom is 0.425 e. The Hall–Kier alpha value is -1.59. The van der Waals surface area contributed by atoms with Crippen molar-refractivity contribution in [3.05, 3.63) is 35.4 Å². The standard InChI is InChI=1S/C28H37F5O/c1-2-3-4-18-5-7-19(8-6-18)20-9-10-22(24(29)16-20)17-25(30)21-11-13-26-23(15-21)12-14-27(34-26)28(31,32)33/h11,13,15,17-20,22,24,27H,2-10,12,14,16H2,1H3. The molecule has 0 radical (unpaired) electrons. The first-order chi connectivity index (χ1) is 16.2. The Balaban J connectivity index is 1.32. The van der Waals surface area contributed by atoms with Gasteiger partial charge in [-0.2, -0.15) is 13.2 Å². The Morgan fingerprint density at radius 2 is 1.76 bits per heavy atom. The number of rotatable bonds is 6. The minimum atomic E-state index is -4.41. The van der Waals surface area contributed by atoms with Crippen LogP contribution in [-0.4, -0.2) is 18.5 Å². The minimum Gasteiger partial charge on any atom is -0.481 e. The Labute approximate surface area is 200 Å². The number of fused-ring (bicyclic) bond motifs is 1. The van der Waals surface area contributed by atoms with Crippen molar-refractivity contribution in [1.82, 2.24) is 0 Å². The van der Waals surface area contributed by atoms with Gasteiger partial charge in [0.15, 0.2) is 6.10 Å². The molecular formula is C28H37F5O. The van der Waals surface area contributed by atoms with E-state index < -0.39 is 30.2 Å². The molecule has 0 aromatic heterocycles. The second kappa shape index (κ2) is 11.0. The molecule has 2 fully saturated rings. The van der Waals surface area contributed by atoms with Crippen molar-refractivity contribution in [2.24, 2.45) is 23.7 Å². The predicted molar refractivity (Wildman–Crippen MR) is 125 cm³/mol. The largest absolute Gasteiger partial charge is 0.481 e. The third-order valence-corrected chi connectivity index (χ3v) is 8.39. The first-order valence-corrected chi connectivity index (χ1v) is 13.1. The van der Waals surface area contributed by atoms with Gasteiger partial charge in [-0.1, -0.05) is 39.0 Å². The fraction of sp³-hybridized carbons (Fsp3) is 0.714. The molecule has 1 aromatic rings. The molecule has 3 aliphatic rings. The lowest BCUT2D eigenvalue weighted by atomic mass is 9.68. The lowest BCUT2D eigenvalue weighted by Gasteiger charge is -2.38. The average molecular weight is 485 g/mol. The number of allylic oxidation sites excluding steroid dienone is 1. The lowest BCUT2D eigenvalue weighted by Crippen LogP contribution is -2.37. The van der Waals surface area contributed by atoms with E-state index in [9.17, 15) is 17.6 Å². The molecule has 0 saturated heterocycles. The van der Waals surface area contributed by atoms with Crippen LogP contribution < -0.4 is 4.74 Å². The van der Waals surface area contributed by atoms with Gasteiger partial charge in [0, 0.05) is 11.5 Å². The van der Waals surface area contributed by atoms with Crippen LogP contribution in [0.5, 0.6) is 5.75 Å². The molecule has 34 heavy (non-hydrogen) atoms. The van der Waals surface area contributed by atoms with E-state index in [4.69, 9.17) is 4.74 Å². The van der Waals surface area contributed by atoms with Crippen LogP contribution in [-0.2, 0) is 6.42 Å². The molecule has 6 heteroatoms. The minimum absolute atomic E-state index is 0.151. The van der Waals surface area contributed by atoms with E-state index in [2.05, 4.69) is 6.92 Å². The van der Waals surface area contributed by atoms with Crippen LogP contribution in [0, 0.1) is 23.7 Å². The smallest absolute Gasteiger partial charge is 0.425 e. The van der Waals surface area contributed by atoms with Gasteiger partial charge in [-0.3, -0.25) is 0 Å². The number of unbranched alkanes of at least 4 members (excludes halogenated alkanes) is 1. The zero-order valence-electron chi connectivity index (χ0n) is 20.1. The van der Waals surface area contributed by atoms with Crippen LogP contribution in [0.4, 0.5) is 22.0 Å². The Morgan fingerprint density at radius 3 is 2.44 bits per heavy atom. The molecule has 190 valence electrons. The summed E-state index contributed by atoms with van der Waals surface area (Å²) < 4.78 is 73.9. The van der Waals surface area contributed by atoms with Crippen molar-refractivity contribution in [1.29, 1.82) is 0 Å². The molecule has 1 heterocycles. The summed E-state index contributed by atoms with van der Waals surface area (Å²) in [7, 11) is 0. The number of ether oxygens (including phenoxy) is 1. The molecule has 1 aromatic carbocycles. The van der Waals surface area contributed by atoms with Gasteiger partial charge in [0.1, 0.15) is 17.7 Å². The van der Waals surface area contributed by atoms with Gasteiger partial charge in [-0.05, 0) is 92.5 Å². The number of alkyl halides is 4. The van der Waals surface area contributed by atoms with E-state index in [0.29, 0.717) is 30.2 Å². The highest BCUT2D eigenvalue weighted by Gasteiger charge is 2.43. The molecule has 2 aliphatic carbocycles. The summed E-state index contributed by atoms with van der Waals surface area (Å²) in [4.78, 5) is 0. The Morgan fingerprint density at radius 1 is 1.03 bits per heavy atom. The van der Waals surface area contributed by atoms with Crippen LogP contribution in [0.25, 0.3) is 5.83 Å². The monoisotopic (exact) mass is 484 g/mol. The van der Waals surface area contributed by atoms with Crippen molar-refractivity contribution < 1.29 is 26.7 Å². The first-order valence-electron chi connectivity index (χ1n) is 13.1. The number of aryl methyl sites for hydroxylation is 1. The molecule has 1 nitrogen and oxygen atoms in total. The highest BCUT2D eigenvalue weighted by molar-refractivity contribution is 5.62. The summed E-state index contributed by atoms with van der Waals surface area (Å²) in [5.41, 5.74) is 0.851. The topological polar surface area (TPSA) is 9.23 Å². The zero-order valence-corrected chi connectivity index (χ0v) is 20.1. The van der Waals surface area contributed by atoms with Gasteiger partial charge in [0.2, 0.25) is 0 Å². The summed E-state index contributed by atoms with van der Waals surface area (Å²) in [6.07, 6.45) is 5.02. The van der Waals surface area contributed by atoms with Crippen LogP contribution in [0.2, 0.25) is 0 Å². The third-order valence-electron chi connectivity index (χ3n) is 8.39. The second-order valence-electron chi connectivity index (χ2n) is 10.7. The molecule has 0 amide bonds. The van der Waals surface area contributed by atoms with Gasteiger partial charge < -0.3 is 4.74 Å². The van der Waals surface area contributed by atoms with E-state index in [-0.39, 0.29) is 24.2 Å². The number of hydrogen-bond acceptors (Lipinski definition) is 1. The lowest BCUT2D eigenvalue weighted by molar-refractivity contribution is -0.199. The third kappa shape index (κ3) is 6.15. The maximum absolute atomic E-state index is 15.1. The number of benzene rings is 1. The molecule has 4 rings (SSSR count). The second-order valence-corrected chi connectivity index (χ2v) is 10.7. The fourth-order valence-corrected chi connectivity index (χ4v) is 6.28. The molecular weight excluding hydrogens is 447 g/mol. The normalized spacial score (nSPS) is 32.7. The summed E-state index contributed by atoms with van der Waals surface area (Å²) in [6, 6.07) is 4.37. The Kier molecular flexibility index (Phi) is 8.24. The average Bonchev–Trinajstić information content (AvgIpc) is 2.83. The van der Waals surface area contributed by atoms with Gasteiger partial charge in [-0.25, -0.2) is 8.78 Å². The van der Waals surface area contributed by atoms with E-state index >= 15 is 4.39 Å². The van der Waals surface area contributed by atoms with Gasteiger partial charge in [0.05, 0.1) is 0 Å². The quantitative estimate of drug-likeness (QED) is 0.366. The number of halogens is 5. The molecule has 1 aliphatic heterocycles. The van der Waals surface area contributed by atoms with Gasteiger partial charge in [-0.15, -0.1) is 0 Å². The van der Waals surface area contributed by atoms with Crippen LogP contribution in [0.15, 0.2) is 24.3 Å². The SMILES string of the molecule is CCCCC1CCC(C2CCC(C=C(F)c3ccc4c(c3)CCC(C(F)(F)F)O4)C(F)C2)CC1. The van der Waals surface area contributed by atoms with Gasteiger partial charge >= 0.3 is 6.18 Å². The fourth-order valence-electron chi connectivity index (χ4n) is 6.28. The molecule has 0 bridgehead atoms.